The van der Waals surface area contributed by atoms with Gasteiger partial charge in [-0.2, -0.15) is 5.10 Å². The van der Waals surface area contributed by atoms with Crippen LogP contribution in [0.1, 0.15) is 46.2 Å². The fourth-order valence-corrected chi connectivity index (χ4v) is 4.03. The van der Waals surface area contributed by atoms with Gasteiger partial charge in [0.25, 0.3) is 5.91 Å². The van der Waals surface area contributed by atoms with Gasteiger partial charge in [-0.25, -0.2) is 0 Å². The van der Waals surface area contributed by atoms with E-state index in [9.17, 15) is 4.79 Å². The summed E-state index contributed by atoms with van der Waals surface area (Å²) in [7, 11) is 0. The Morgan fingerprint density at radius 3 is 3.17 bits per heavy atom. The van der Waals surface area contributed by atoms with Gasteiger partial charge >= 0.3 is 0 Å². The molecular weight excluding hydrogens is 356 g/mol. The van der Waals surface area contributed by atoms with E-state index in [-0.39, 0.29) is 11.9 Å². The molecule has 1 unspecified atom stereocenters. The highest BCUT2D eigenvalue weighted by atomic mass is 79.9. The summed E-state index contributed by atoms with van der Waals surface area (Å²) < 4.78 is 1.05. The summed E-state index contributed by atoms with van der Waals surface area (Å²) in [6.07, 6.45) is 2.95. The molecule has 1 amide bonds. The number of fused-ring (bicyclic) bond motifs is 1. The molecule has 3 heterocycles. The van der Waals surface area contributed by atoms with Gasteiger partial charge in [0, 0.05) is 41.8 Å². The first-order valence-electron chi connectivity index (χ1n) is 8.07. The maximum Gasteiger partial charge on any atom is 0.275 e. The van der Waals surface area contributed by atoms with Crippen molar-refractivity contribution in [1.82, 2.24) is 20.4 Å². The number of rotatable bonds is 2. The monoisotopic (exact) mass is 374 g/mol. The normalized spacial score (nSPS) is 20.6. The number of hydrogen-bond donors (Lipinski definition) is 2. The Bertz CT molecular complexity index is 742. The Hall–Kier alpha value is -1.66. The first kappa shape index (κ1) is 14.9. The van der Waals surface area contributed by atoms with Gasteiger partial charge in [-0.15, -0.1) is 0 Å². The van der Waals surface area contributed by atoms with Gasteiger partial charge < -0.3 is 10.2 Å². The molecule has 1 atom stereocenters. The Labute approximate surface area is 143 Å². The second-order valence-electron chi connectivity index (χ2n) is 6.17. The van der Waals surface area contributed by atoms with E-state index in [1.807, 2.05) is 17.0 Å². The summed E-state index contributed by atoms with van der Waals surface area (Å²) >= 11 is 3.53. The average molecular weight is 375 g/mol. The Kier molecular flexibility index (Phi) is 3.95. The Morgan fingerprint density at radius 1 is 1.39 bits per heavy atom. The third kappa shape index (κ3) is 2.70. The molecule has 1 fully saturated rings. The zero-order valence-electron chi connectivity index (χ0n) is 12.8. The first-order chi connectivity index (χ1) is 11.2. The number of carbonyl (C=O) groups is 1. The van der Waals surface area contributed by atoms with Crippen molar-refractivity contribution in [2.75, 3.05) is 13.1 Å². The van der Waals surface area contributed by atoms with Gasteiger partial charge in [0.2, 0.25) is 0 Å². The lowest BCUT2D eigenvalue weighted by molar-refractivity contribution is 0.0728. The van der Waals surface area contributed by atoms with Crippen LogP contribution >= 0.6 is 15.9 Å². The molecule has 120 valence electrons. The molecule has 4 rings (SSSR count). The number of H-pyrrole nitrogens is 1. The third-order valence-corrected chi connectivity index (χ3v) is 5.25. The van der Waals surface area contributed by atoms with Crippen molar-refractivity contribution in [2.45, 2.75) is 31.8 Å². The van der Waals surface area contributed by atoms with Gasteiger partial charge in [-0.1, -0.05) is 28.1 Å². The molecular formula is C17H19BrN4O. The zero-order valence-corrected chi connectivity index (χ0v) is 14.4. The molecule has 0 radical (unpaired) electrons. The molecule has 1 aromatic carbocycles. The van der Waals surface area contributed by atoms with E-state index < -0.39 is 0 Å². The molecule has 2 aliphatic rings. The smallest absolute Gasteiger partial charge is 0.275 e. The molecule has 2 aromatic rings. The lowest BCUT2D eigenvalue weighted by Gasteiger charge is -2.25. The summed E-state index contributed by atoms with van der Waals surface area (Å²) in [6.45, 7) is 2.46. The minimum Gasteiger partial charge on any atom is -0.330 e. The van der Waals surface area contributed by atoms with Crippen molar-refractivity contribution in [1.29, 1.82) is 0 Å². The molecule has 1 aromatic heterocycles. The summed E-state index contributed by atoms with van der Waals surface area (Å²) in [5.74, 6) is 0.0497. The van der Waals surface area contributed by atoms with Gasteiger partial charge in [-0.05, 0) is 30.5 Å². The minimum absolute atomic E-state index is 0.0497. The Morgan fingerprint density at radius 2 is 2.30 bits per heavy atom. The van der Waals surface area contributed by atoms with Crippen molar-refractivity contribution in [3.05, 3.63) is 51.3 Å². The summed E-state index contributed by atoms with van der Waals surface area (Å²) in [6, 6.07) is 8.39. The van der Waals surface area contributed by atoms with E-state index >= 15 is 0 Å². The second-order valence-corrected chi connectivity index (χ2v) is 7.08. The number of amides is 1. The highest BCUT2D eigenvalue weighted by Crippen LogP contribution is 2.34. The number of benzene rings is 1. The molecule has 5 nitrogen and oxygen atoms in total. The predicted octanol–water partition coefficient (Wildman–Crippen LogP) is 2.80. The number of hydrogen-bond acceptors (Lipinski definition) is 3. The minimum atomic E-state index is 0.0497. The van der Waals surface area contributed by atoms with Crippen molar-refractivity contribution < 1.29 is 4.79 Å². The summed E-state index contributed by atoms with van der Waals surface area (Å²) in [5, 5.41) is 10.7. The van der Waals surface area contributed by atoms with Crippen molar-refractivity contribution in [3.8, 4) is 0 Å². The molecule has 2 N–H and O–H groups in total. The van der Waals surface area contributed by atoms with Crippen molar-refractivity contribution >= 4 is 21.8 Å². The fourth-order valence-electron chi connectivity index (χ4n) is 3.61. The predicted molar refractivity (Wildman–Crippen MR) is 91.2 cm³/mol. The van der Waals surface area contributed by atoms with Crippen LogP contribution in [0.3, 0.4) is 0 Å². The van der Waals surface area contributed by atoms with E-state index in [2.05, 4.69) is 43.6 Å². The fraction of sp³-hybridized carbons (Fsp3) is 0.412. The van der Waals surface area contributed by atoms with Crippen molar-refractivity contribution in [3.63, 3.8) is 0 Å². The molecule has 1 saturated heterocycles. The molecule has 0 spiro atoms. The highest BCUT2D eigenvalue weighted by molar-refractivity contribution is 9.10. The van der Waals surface area contributed by atoms with Crippen LogP contribution in [-0.2, 0) is 13.0 Å². The molecule has 23 heavy (non-hydrogen) atoms. The maximum absolute atomic E-state index is 13.1. The van der Waals surface area contributed by atoms with E-state index in [0.29, 0.717) is 5.69 Å². The lowest BCUT2D eigenvalue weighted by Crippen LogP contribution is -2.32. The van der Waals surface area contributed by atoms with E-state index in [1.165, 1.54) is 5.56 Å². The standard InChI is InChI=1S/C17H19BrN4O/c18-12-4-1-3-11(9-12)15-5-2-8-22(15)17(23)16-13-10-19-7-6-14(13)20-21-16/h1,3-4,9,15,19H,2,5-8,10H2,(H,20,21). The second kappa shape index (κ2) is 6.09. The SMILES string of the molecule is O=C(c1n[nH]c2c1CNCC2)N1CCCC1c1cccc(Br)c1. The van der Waals surface area contributed by atoms with Crippen LogP contribution in [0.5, 0.6) is 0 Å². The number of carbonyl (C=O) groups excluding carboxylic acids is 1. The van der Waals surface area contributed by atoms with Gasteiger partial charge in [-0.3, -0.25) is 9.89 Å². The summed E-state index contributed by atoms with van der Waals surface area (Å²) in [5.41, 5.74) is 3.92. The number of aromatic nitrogens is 2. The van der Waals surface area contributed by atoms with Crippen LogP contribution in [0.25, 0.3) is 0 Å². The van der Waals surface area contributed by atoms with Crippen LogP contribution in [-0.4, -0.2) is 34.1 Å². The van der Waals surface area contributed by atoms with Crippen LogP contribution in [0.4, 0.5) is 0 Å². The molecule has 6 heteroatoms. The van der Waals surface area contributed by atoms with Crippen LogP contribution < -0.4 is 5.32 Å². The molecule has 2 aliphatic heterocycles. The molecule has 0 bridgehead atoms. The Balaban J connectivity index is 1.64. The number of likely N-dealkylation sites (tertiary alicyclic amines) is 1. The van der Waals surface area contributed by atoms with E-state index in [0.717, 1.165) is 54.6 Å². The maximum atomic E-state index is 13.1. The topological polar surface area (TPSA) is 61.0 Å². The van der Waals surface area contributed by atoms with Crippen LogP contribution in [0.2, 0.25) is 0 Å². The lowest BCUT2D eigenvalue weighted by atomic mass is 10.0. The van der Waals surface area contributed by atoms with Gasteiger partial charge in [0.1, 0.15) is 0 Å². The summed E-state index contributed by atoms with van der Waals surface area (Å²) in [4.78, 5) is 15.0. The highest BCUT2D eigenvalue weighted by Gasteiger charge is 2.33. The quantitative estimate of drug-likeness (QED) is 0.849. The van der Waals surface area contributed by atoms with Crippen LogP contribution in [0, 0.1) is 0 Å². The number of nitrogens with zero attached hydrogens (tertiary/aromatic N) is 2. The largest absolute Gasteiger partial charge is 0.330 e. The molecule has 0 aliphatic carbocycles. The number of aromatic amines is 1. The first-order valence-corrected chi connectivity index (χ1v) is 8.86. The van der Waals surface area contributed by atoms with Crippen molar-refractivity contribution in [2.24, 2.45) is 0 Å². The van der Waals surface area contributed by atoms with E-state index in [1.54, 1.807) is 0 Å². The number of nitrogens with one attached hydrogen (secondary N) is 2. The number of halogens is 1. The van der Waals surface area contributed by atoms with Gasteiger partial charge in [0.15, 0.2) is 5.69 Å². The van der Waals surface area contributed by atoms with Gasteiger partial charge in [0.05, 0.1) is 6.04 Å². The third-order valence-electron chi connectivity index (χ3n) is 4.76. The van der Waals surface area contributed by atoms with E-state index in [4.69, 9.17) is 0 Å². The van der Waals surface area contributed by atoms with Crippen LogP contribution in [0.15, 0.2) is 28.7 Å². The zero-order chi connectivity index (χ0) is 15.8. The molecule has 0 saturated carbocycles. The average Bonchev–Trinajstić information content (AvgIpc) is 3.21.